The molecule has 1 amide bonds. The zero-order valence-corrected chi connectivity index (χ0v) is 13.6. The first-order valence-electron chi connectivity index (χ1n) is 6.97. The van der Waals surface area contributed by atoms with Crippen LogP contribution >= 0.6 is 0 Å². The third-order valence-electron chi connectivity index (χ3n) is 3.43. The average Bonchev–Trinajstić information content (AvgIpc) is 2.55. The van der Waals surface area contributed by atoms with Crippen LogP contribution in [0, 0.1) is 6.92 Å². The van der Waals surface area contributed by atoms with Crippen molar-refractivity contribution in [1.82, 2.24) is 0 Å². The molecule has 0 aromatic heterocycles. The Balaban J connectivity index is 2.35. The number of hydrogen-bond acceptors (Lipinski definition) is 5. The van der Waals surface area contributed by atoms with Crippen molar-refractivity contribution in [2.45, 2.75) is 6.92 Å². The Kier molecular flexibility index (Phi) is 4.95. The number of nitrogens with one attached hydrogen (secondary N) is 1. The van der Waals surface area contributed by atoms with Crippen LogP contribution in [0.1, 0.15) is 15.9 Å². The summed E-state index contributed by atoms with van der Waals surface area (Å²) in [4.78, 5) is 12.5. The average molecular weight is 316 g/mol. The van der Waals surface area contributed by atoms with Crippen molar-refractivity contribution >= 4 is 17.3 Å². The molecule has 0 atom stereocenters. The predicted octanol–water partition coefficient (Wildman–Crippen LogP) is 2.86. The van der Waals surface area contributed by atoms with Gasteiger partial charge in [-0.25, -0.2) is 0 Å². The molecule has 6 nitrogen and oxygen atoms in total. The quantitative estimate of drug-likeness (QED) is 0.829. The molecule has 0 heterocycles. The molecule has 0 fully saturated rings. The van der Waals surface area contributed by atoms with E-state index >= 15 is 0 Å². The van der Waals surface area contributed by atoms with Gasteiger partial charge in [-0.05, 0) is 42.8 Å². The first-order chi connectivity index (χ1) is 11.0. The summed E-state index contributed by atoms with van der Waals surface area (Å²) >= 11 is 0. The van der Waals surface area contributed by atoms with E-state index in [1.807, 2.05) is 6.92 Å². The second kappa shape index (κ2) is 6.91. The lowest BCUT2D eigenvalue weighted by Gasteiger charge is -2.14. The highest BCUT2D eigenvalue weighted by atomic mass is 16.5. The number of hydrogen-bond donors (Lipinski definition) is 2. The van der Waals surface area contributed by atoms with E-state index in [2.05, 4.69) is 5.32 Å². The van der Waals surface area contributed by atoms with Gasteiger partial charge in [0.05, 0.1) is 21.3 Å². The Labute approximate surface area is 135 Å². The molecular weight excluding hydrogens is 296 g/mol. The number of ether oxygens (including phenoxy) is 3. The minimum absolute atomic E-state index is 0.280. The molecule has 0 spiro atoms. The number of aryl methyl sites for hydroxylation is 1. The van der Waals surface area contributed by atoms with Crippen LogP contribution in [0.25, 0.3) is 0 Å². The minimum atomic E-state index is -0.280. The van der Waals surface area contributed by atoms with Crippen LogP contribution in [0.15, 0.2) is 30.3 Å². The monoisotopic (exact) mass is 316 g/mol. The van der Waals surface area contributed by atoms with E-state index in [0.29, 0.717) is 34.2 Å². The van der Waals surface area contributed by atoms with Gasteiger partial charge in [0.15, 0.2) is 11.5 Å². The second-order valence-electron chi connectivity index (χ2n) is 4.94. The van der Waals surface area contributed by atoms with Gasteiger partial charge in [-0.15, -0.1) is 0 Å². The van der Waals surface area contributed by atoms with Crippen molar-refractivity contribution in [2.24, 2.45) is 0 Å². The van der Waals surface area contributed by atoms with Crippen molar-refractivity contribution in [3.05, 3.63) is 41.5 Å². The molecule has 0 radical (unpaired) electrons. The van der Waals surface area contributed by atoms with Crippen LogP contribution in [0.5, 0.6) is 17.2 Å². The number of carbonyl (C=O) groups is 1. The topological polar surface area (TPSA) is 82.8 Å². The SMILES string of the molecule is COc1cc(C(=O)Nc2ccc(N)cc2C)cc(OC)c1OC. The summed E-state index contributed by atoms with van der Waals surface area (Å²) in [6, 6.07) is 8.50. The smallest absolute Gasteiger partial charge is 0.255 e. The lowest BCUT2D eigenvalue weighted by Crippen LogP contribution is -2.13. The number of amides is 1. The van der Waals surface area contributed by atoms with E-state index in [4.69, 9.17) is 19.9 Å². The molecular formula is C17H20N2O4. The van der Waals surface area contributed by atoms with Crippen LogP contribution < -0.4 is 25.3 Å². The molecule has 6 heteroatoms. The zero-order valence-electron chi connectivity index (χ0n) is 13.6. The second-order valence-corrected chi connectivity index (χ2v) is 4.94. The number of carbonyl (C=O) groups excluding carboxylic acids is 1. The van der Waals surface area contributed by atoms with E-state index in [0.717, 1.165) is 5.56 Å². The summed E-state index contributed by atoms with van der Waals surface area (Å²) in [6.07, 6.45) is 0. The van der Waals surface area contributed by atoms with Gasteiger partial charge >= 0.3 is 0 Å². The van der Waals surface area contributed by atoms with Gasteiger partial charge in [0.25, 0.3) is 5.91 Å². The fraction of sp³-hybridized carbons (Fsp3) is 0.235. The van der Waals surface area contributed by atoms with Crippen LogP contribution in [0.4, 0.5) is 11.4 Å². The standard InChI is InChI=1S/C17H20N2O4/c1-10-7-12(18)5-6-13(10)19-17(20)11-8-14(21-2)16(23-4)15(9-11)22-3/h5-9H,18H2,1-4H3,(H,19,20). The molecule has 2 rings (SSSR count). The predicted molar refractivity (Wildman–Crippen MR) is 89.6 cm³/mol. The van der Waals surface area contributed by atoms with Gasteiger partial charge in [0, 0.05) is 16.9 Å². The summed E-state index contributed by atoms with van der Waals surface area (Å²) in [5, 5.41) is 2.85. The Bertz CT molecular complexity index is 704. The van der Waals surface area contributed by atoms with E-state index in [-0.39, 0.29) is 5.91 Å². The maximum Gasteiger partial charge on any atom is 0.255 e. The molecule has 2 aromatic rings. The molecule has 3 N–H and O–H groups in total. The van der Waals surface area contributed by atoms with Gasteiger partial charge in [-0.3, -0.25) is 4.79 Å². The van der Waals surface area contributed by atoms with Gasteiger partial charge in [0.1, 0.15) is 0 Å². The fourth-order valence-electron chi connectivity index (χ4n) is 2.23. The Morgan fingerprint density at radius 3 is 2.09 bits per heavy atom. The van der Waals surface area contributed by atoms with E-state index in [1.54, 1.807) is 30.3 Å². The molecule has 0 bridgehead atoms. The number of nitrogens with two attached hydrogens (primary N) is 1. The highest BCUT2D eigenvalue weighted by Gasteiger charge is 2.17. The Morgan fingerprint density at radius 1 is 1.00 bits per heavy atom. The molecule has 23 heavy (non-hydrogen) atoms. The van der Waals surface area contributed by atoms with Gasteiger partial charge < -0.3 is 25.3 Å². The van der Waals surface area contributed by atoms with Crippen molar-refractivity contribution in [2.75, 3.05) is 32.4 Å². The molecule has 2 aromatic carbocycles. The summed E-state index contributed by atoms with van der Waals surface area (Å²) in [5.74, 6) is 1.00. The van der Waals surface area contributed by atoms with Crippen LogP contribution in [0.2, 0.25) is 0 Å². The van der Waals surface area contributed by atoms with Crippen molar-refractivity contribution in [3.8, 4) is 17.2 Å². The van der Waals surface area contributed by atoms with E-state index < -0.39 is 0 Å². The van der Waals surface area contributed by atoms with Gasteiger partial charge in [-0.1, -0.05) is 0 Å². The fourth-order valence-corrected chi connectivity index (χ4v) is 2.23. The molecule has 0 saturated heterocycles. The zero-order chi connectivity index (χ0) is 17.0. The van der Waals surface area contributed by atoms with Gasteiger partial charge in [0.2, 0.25) is 5.75 Å². The first-order valence-corrected chi connectivity index (χ1v) is 6.97. The maximum atomic E-state index is 12.5. The first kappa shape index (κ1) is 16.5. The summed E-state index contributed by atoms with van der Waals surface area (Å²) in [5.41, 5.74) is 8.34. The van der Waals surface area contributed by atoms with Crippen molar-refractivity contribution < 1.29 is 19.0 Å². The molecule has 0 aliphatic heterocycles. The number of anilines is 2. The lowest BCUT2D eigenvalue weighted by molar-refractivity contribution is 0.102. The van der Waals surface area contributed by atoms with Gasteiger partial charge in [-0.2, -0.15) is 0 Å². The van der Waals surface area contributed by atoms with E-state index in [1.165, 1.54) is 21.3 Å². The lowest BCUT2D eigenvalue weighted by atomic mass is 10.1. The number of benzene rings is 2. The van der Waals surface area contributed by atoms with Crippen LogP contribution in [-0.4, -0.2) is 27.2 Å². The molecule has 0 unspecified atom stereocenters. The largest absolute Gasteiger partial charge is 0.493 e. The summed E-state index contributed by atoms with van der Waals surface area (Å²) in [7, 11) is 4.52. The molecule has 0 aliphatic rings. The molecule has 0 saturated carbocycles. The maximum absolute atomic E-state index is 12.5. The Hall–Kier alpha value is -2.89. The summed E-state index contributed by atoms with van der Waals surface area (Å²) in [6.45, 7) is 1.88. The molecule has 122 valence electrons. The minimum Gasteiger partial charge on any atom is -0.493 e. The number of nitrogen functional groups attached to an aromatic ring is 1. The number of rotatable bonds is 5. The normalized spacial score (nSPS) is 10.1. The highest BCUT2D eigenvalue weighted by Crippen LogP contribution is 2.38. The number of methoxy groups -OCH3 is 3. The van der Waals surface area contributed by atoms with Crippen LogP contribution in [-0.2, 0) is 0 Å². The van der Waals surface area contributed by atoms with Crippen molar-refractivity contribution in [1.29, 1.82) is 0 Å². The van der Waals surface area contributed by atoms with E-state index in [9.17, 15) is 4.79 Å². The Morgan fingerprint density at radius 2 is 1.61 bits per heavy atom. The third kappa shape index (κ3) is 3.48. The summed E-state index contributed by atoms with van der Waals surface area (Å²) < 4.78 is 15.8. The van der Waals surface area contributed by atoms with Crippen LogP contribution in [0.3, 0.4) is 0 Å². The molecule has 0 aliphatic carbocycles. The van der Waals surface area contributed by atoms with Crippen molar-refractivity contribution in [3.63, 3.8) is 0 Å². The third-order valence-corrected chi connectivity index (χ3v) is 3.43. The highest BCUT2D eigenvalue weighted by molar-refractivity contribution is 6.05.